The lowest BCUT2D eigenvalue weighted by molar-refractivity contribution is 0.324. The first kappa shape index (κ1) is 10.5. The average Bonchev–Trinajstić information content (AvgIpc) is 2.68. The minimum atomic E-state index is -0.294. The summed E-state index contributed by atoms with van der Waals surface area (Å²) >= 11 is 0. The van der Waals surface area contributed by atoms with Crippen molar-refractivity contribution in [3.8, 4) is 0 Å². The van der Waals surface area contributed by atoms with Crippen LogP contribution in [0.5, 0.6) is 0 Å². The minimum Gasteiger partial charge on any atom is -0.406 e. The number of pyridine rings is 1. The second-order valence-corrected chi connectivity index (χ2v) is 4.50. The van der Waals surface area contributed by atoms with E-state index in [2.05, 4.69) is 10.3 Å². The molecule has 0 saturated carbocycles. The van der Waals surface area contributed by atoms with Crippen molar-refractivity contribution in [1.29, 1.82) is 0 Å². The Kier molecular flexibility index (Phi) is 2.68. The van der Waals surface area contributed by atoms with E-state index in [1.54, 1.807) is 22.9 Å². The van der Waals surface area contributed by atoms with Gasteiger partial charge in [0.25, 0.3) is 0 Å². The predicted octanol–water partition coefficient (Wildman–Crippen LogP) is 0.989. The molecule has 5 nitrogen and oxygen atoms in total. The molecule has 3 rings (SSSR count). The maximum absolute atomic E-state index is 11.8. The quantitative estimate of drug-likeness (QED) is 0.840. The van der Waals surface area contributed by atoms with E-state index in [0.29, 0.717) is 23.7 Å². The van der Waals surface area contributed by atoms with E-state index < -0.39 is 0 Å². The van der Waals surface area contributed by atoms with Gasteiger partial charge in [-0.3, -0.25) is 4.57 Å². The Labute approximate surface area is 98.5 Å². The van der Waals surface area contributed by atoms with E-state index in [4.69, 9.17) is 4.42 Å². The molecule has 1 aliphatic rings. The highest BCUT2D eigenvalue weighted by atomic mass is 16.4. The summed E-state index contributed by atoms with van der Waals surface area (Å²) in [4.78, 5) is 16.0. The molecule has 0 spiro atoms. The fraction of sp³-hybridized carbons (Fsp3) is 0.500. The van der Waals surface area contributed by atoms with Crippen LogP contribution in [-0.4, -0.2) is 22.6 Å². The van der Waals surface area contributed by atoms with Gasteiger partial charge in [-0.15, -0.1) is 0 Å². The number of piperidine rings is 1. The normalized spacial score (nSPS) is 17.6. The number of fused-ring (bicyclic) bond motifs is 1. The van der Waals surface area contributed by atoms with Gasteiger partial charge in [-0.1, -0.05) is 0 Å². The van der Waals surface area contributed by atoms with Gasteiger partial charge in [0.15, 0.2) is 11.2 Å². The summed E-state index contributed by atoms with van der Waals surface area (Å²) in [5, 5.41) is 3.32. The van der Waals surface area contributed by atoms with E-state index in [1.165, 1.54) is 0 Å². The number of nitrogens with zero attached hydrogens (tertiary/aromatic N) is 2. The number of aromatic nitrogens is 2. The van der Waals surface area contributed by atoms with Gasteiger partial charge < -0.3 is 9.73 Å². The van der Waals surface area contributed by atoms with Crippen LogP contribution in [0.2, 0.25) is 0 Å². The second-order valence-electron chi connectivity index (χ2n) is 4.50. The molecule has 1 N–H and O–H groups in total. The first-order valence-electron chi connectivity index (χ1n) is 5.99. The number of hydrogen-bond acceptors (Lipinski definition) is 4. The van der Waals surface area contributed by atoms with E-state index >= 15 is 0 Å². The average molecular weight is 233 g/mol. The van der Waals surface area contributed by atoms with Crippen LogP contribution >= 0.6 is 0 Å². The molecule has 0 radical (unpaired) electrons. The Morgan fingerprint density at radius 3 is 3.12 bits per heavy atom. The monoisotopic (exact) mass is 233 g/mol. The van der Waals surface area contributed by atoms with Crippen LogP contribution in [0.1, 0.15) is 12.8 Å². The van der Waals surface area contributed by atoms with Crippen LogP contribution in [-0.2, 0) is 6.54 Å². The number of rotatable bonds is 2. The largest absolute Gasteiger partial charge is 0.421 e. The predicted molar refractivity (Wildman–Crippen MR) is 63.9 cm³/mol. The Morgan fingerprint density at radius 2 is 2.29 bits per heavy atom. The van der Waals surface area contributed by atoms with Gasteiger partial charge in [-0.2, -0.15) is 0 Å². The van der Waals surface area contributed by atoms with Crippen LogP contribution in [0.3, 0.4) is 0 Å². The molecule has 0 atom stereocenters. The van der Waals surface area contributed by atoms with E-state index in [-0.39, 0.29) is 5.76 Å². The number of hydrogen-bond donors (Lipinski definition) is 1. The van der Waals surface area contributed by atoms with Crippen molar-refractivity contribution in [2.45, 2.75) is 19.4 Å². The molecule has 0 aliphatic carbocycles. The summed E-state index contributed by atoms with van der Waals surface area (Å²) in [6, 6.07) is 3.56. The number of oxazole rings is 1. The van der Waals surface area contributed by atoms with Gasteiger partial charge in [0.1, 0.15) is 0 Å². The summed E-state index contributed by atoms with van der Waals surface area (Å²) in [5.41, 5.74) is 1.24. The Bertz CT molecular complexity index is 566. The molecule has 0 amide bonds. The first-order chi connectivity index (χ1) is 8.34. The van der Waals surface area contributed by atoms with Crippen molar-refractivity contribution < 1.29 is 4.42 Å². The van der Waals surface area contributed by atoms with E-state index in [1.807, 2.05) is 0 Å². The zero-order valence-electron chi connectivity index (χ0n) is 9.56. The topological polar surface area (TPSA) is 60.1 Å². The molecule has 2 aromatic rings. The van der Waals surface area contributed by atoms with E-state index in [0.717, 1.165) is 25.9 Å². The van der Waals surface area contributed by atoms with Crippen molar-refractivity contribution in [3.63, 3.8) is 0 Å². The lowest BCUT2D eigenvalue weighted by Gasteiger charge is -2.22. The fourth-order valence-corrected chi connectivity index (χ4v) is 2.38. The summed E-state index contributed by atoms with van der Waals surface area (Å²) < 4.78 is 6.83. The molecule has 1 aliphatic heterocycles. The van der Waals surface area contributed by atoms with Crippen LogP contribution < -0.4 is 11.1 Å². The smallest absolute Gasteiger partial charge is 0.406 e. The summed E-state index contributed by atoms with van der Waals surface area (Å²) in [7, 11) is 0. The maximum Gasteiger partial charge on any atom is 0.421 e. The van der Waals surface area contributed by atoms with Gasteiger partial charge in [-0.25, -0.2) is 9.78 Å². The van der Waals surface area contributed by atoms with Gasteiger partial charge in [0.2, 0.25) is 0 Å². The molecule has 17 heavy (non-hydrogen) atoms. The highest BCUT2D eigenvalue weighted by molar-refractivity contribution is 5.67. The van der Waals surface area contributed by atoms with Gasteiger partial charge in [0, 0.05) is 12.7 Å². The van der Waals surface area contributed by atoms with Crippen LogP contribution in [0.25, 0.3) is 11.2 Å². The zero-order valence-corrected chi connectivity index (χ0v) is 9.56. The van der Waals surface area contributed by atoms with Gasteiger partial charge in [-0.05, 0) is 44.0 Å². The second kappa shape index (κ2) is 4.33. The van der Waals surface area contributed by atoms with Crippen molar-refractivity contribution in [2.75, 3.05) is 13.1 Å². The summed E-state index contributed by atoms with van der Waals surface area (Å²) in [6.07, 6.45) is 3.90. The summed E-state index contributed by atoms with van der Waals surface area (Å²) in [5.74, 6) is 0.244. The fourth-order valence-electron chi connectivity index (χ4n) is 2.38. The van der Waals surface area contributed by atoms with E-state index in [9.17, 15) is 4.79 Å². The van der Waals surface area contributed by atoms with Crippen molar-refractivity contribution in [2.24, 2.45) is 5.92 Å². The molecule has 0 aromatic carbocycles. The lowest BCUT2D eigenvalue weighted by atomic mass is 9.98. The molecule has 1 fully saturated rings. The molecule has 0 unspecified atom stereocenters. The third kappa shape index (κ3) is 1.98. The van der Waals surface area contributed by atoms with Crippen molar-refractivity contribution in [3.05, 3.63) is 28.9 Å². The standard InChI is InChI=1S/C12H15N3O2/c16-12-15(8-9-3-6-13-7-4-9)11-10(17-12)2-1-5-14-11/h1-2,5,9,13H,3-4,6-8H2. The SMILES string of the molecule is O=c1oc2cccnc2n1CC1CCNCC1. The molecule has 3 heterocycles. The lowest BCUT2D eigenvalue weighted by Crippen LogP contribution is -2.31. The molecule has 90 valence electrons. The number of nitrogens with one attached hydrogen (secondary N) is 1. The Hall–Kier alpha value is -1.62. The molecular weight excluding hydrogens is 218 g/mol. The molecular formula is C12H15N3O2. The Morgan fingerprint density at radius 1 is 1.47 bits per heavy atom. The minimum absolute atomic E-state index is 0.294. The molecule has 5 heteroatoms. The van der Waals surface area contributed by atoms with Crippen LogP contribution in [0.4, 0.5) is 0 Å². The first-order valence-corrected chi connectivity index (χ1v) is 5.99. The van der Waals surface area contributed by atoms with Crippen LogP contribution in [0.15, 0.2) is 27.5 Å². The van der Waals surface area contributed by atoms with Crippen LogP contribution in [0, 0.1) is 5.92 Å². The molecule has 0 bridgehead atoms. The zero-order chi connectivity index (χ0) is 11.7. The maximum atomic E-state index is 11.8. The molecule has 1 saturated heterocycles. The third-order valence-electron chi connectivity index (χ3n) is 3.32. The van der Waals surface area contributed by atoms with Crippen molar-refractivity contribution >= 4 is 11.2 Å². The van der Waals surface area contributed by atoms with Crippen molar-refractivity contribution in [1.82, 2.24) is 14.9 Å². The Balaban J connectivity index is 1.93. The molecule has 2 aromatic heterocycles. The third-order valence-corrected chi connectivity index (χ3v) is 3.32. The van der Waals surface area contributed by atoms with Gasteiger partial charge >= 0.3 is 5.76 Å². The highest BCUT2D eigenvalue weighted by Gasteiger charge is 2.17. The van der Waals surface area contributed by atoms with Gasteiger partial charge in [0.05, 0.1) is 0 Å². The highest BCUT2D eigenvalue weighted by Crippen LogP contribution is 2.16. The summed E-state index contributed by atoms with van der Waals surface area (Å²) in [6.45, 7) is 2.77.